The van der Waals surface area contributed by atoms with E-state index in [1.807, 2.05) is 36.4 Å². The number of aromatic nitrogens is 2. The number of nitriles is 1. The summed E-state index contributed by atoms with van der Waals surface area (Å²) in [6.45, 7) is 2.41. The van der Waals surface area contributed by atoms with E-state index in [2.05, 4.69) is 33.9 Å². The van der Waals surface area contributed by atoms with E-state index in [0.717, 1.165) is 45.8 Å². The third-order valence-electron chi connectivity index (χ3n) is 5.32. The van der Waals surface area contributed by atoms with E-state index in [-0.39, 0.29) is 5.15 Å². The van der Waals surface area contributed by atoms with Crippen LogP contribution in [0.1, 0.15) is 47.2 Å². The molecule has 0 spiro atoms. The number of aryl methyl sites for hydroxylation is 1. The highest BCUT2D eigenvalue weighted by Crippen LogP contribution is 2.39. The number of benzene rings is 2. The van der Waals surface area contributed by atoms with Gasteiger partial charge in [0.15, 0.2) is 11.4 Å². The van der Waals surface area contributed by atoms with Gasteiger partial charge in [0.2, 0.25) is 0 Å². The number of nitrogens with zero attached hydrogens (tertiary/aromatic N) is 3. The van der Waals surface area contributed by atoms with Gasteiger partial charge in [0, 0.05) is 21.7 Å². The monoisotopic (exact) mass is 495 g/mol. The summed E-state index contributed by atoms with van der Waals surface area (Å²) in [6, 6.07) is 13.9. The Morgan fingerprint density at radius 2 is 2.10 bits per heavy atom. The van der Waals surface area contributed by atoms with Crippen molar-refractivity contribution in [2.24, 2.45) is 0 Å². The first-order chi connectivity index (χ1) is 15.1. The van der Waals surface area contributed by atoms with E-state index < -0.39 is 0 Å². The van der Waals surface area contributed by atoms with Crippen LogP contribution in [0, 0.1) is 11.3 Å². The van der Waals surface area contributed by atoms with Crippen LogP contribution in [-0.4, -0.2) is 15.8 Å². The van der Waals surface area contributed by atoms with Gasteiger partial charge in [-0.1, -0.05) is 55.3 Å². The average Bonchev–Trinajstić information content (AvgIpc) is 3.33. The first-order valence-electron chi connectivity index (χ1n) is 9.97. The van der Waals surface area contributed by atoms with Gasteiger partial charge in [0.1, 0.15) is 23.3 Å². The molecule has 0 radical (unpaired) electrons. The highest BCUT2D eigenvalue weighted by atomic mass is 79.9. The van der Waals surface area contributed by atoms with Crippen molar-refractivity contribution in [1.29, 1.82) is 5.26 Å². The van der Waals surface area contributed by atoms with Crippen molar-refractivity contribution >= 4 is 44.6 Å². The first kappa shape index (κ1) is 21.4. The molecule has 0 saturated heterocycles. The zero-order valence-electron chi connectivity index (χ0n) is 16.9. The number of halogens is 2. The van der Waals surface area contributed by atoms with E-state index in [4.69, 9.17) is 16.0 Å². The summed E-state index contributed by atoms with van der Waals surface area (Å²) in [7, 11) is 0. The van der Waals surface area contributed by atoms with Gasteiger partial charge in [0.25, 0.3) is 0 Å². The summed E-state index contributed by atoms with van der Waals surface area (Å²) in [5.41, 5.74) is 2.26. The van der Waals surface area contributed by atoms with E-state index in [1.165, 1.54) is 0 Å². The molecule has 0 fully saturated rings. The van der Waals surface area contributed by atoms with Crippen LogP contribution in [0.3, 0.4) is 0 Å². The van der Waals surface area contributed by atoms with Crippen LogP contribution < -0.4 is 0 Å². The fourth-order valence-electron chi connectivity index (χ4n) is 3.75. The fourth-order valence-corrected chi connectivity index (χ4v) is 4.51. The number of carbonyl (C=O) groups excluding carboxylic acids is 1. The first-order valence-corrected chi connectivity index (χ1v) is 11.1. The molecule has 2 heterocycles. The maximum absolute atomic E-state index is 11.7. The molecular weight excluding hydrogens is 478 g/mol. The molecule has 31 heavy (non-hydrogen) atoms. The van der Waals surface area contributed by atoms with Crippen molar-refractivity contribution in [2.45, 2.75) is 32.7 Å². The minimum Gasteiger partial charge on any atom is -0.463 e. The molecule has 156 valence electrons. The van der Waals surface area contributed by atoms with Crippen LogP contribution in [0.25, 0.3) is 22.1 Å². The molecule has 0 bridgehead atoms. The summed E-state index contributed by atoms with van der Waals surface area (Å²) in [5.74, 6) is 1.37. The van der Waals surface area contributed by atoms with E-state index in [1.54, 1.807) is 10.8 Å². The van der Waals surface area contributed by atoms with Crippen LogP contribution >= 0.6 is 27.5 Å². The standard InChI is InChI=1S/C24H19BrClN3O2/c1-2-3-8-21-28-24(26)20(13-30)29(21)12-15-9-10-19(25)22(18(15)11-27)23-17-7-5-4-6-16(17)14-31-23/h4-7,9-10,13-14H,2-3,8,12H2,1H3. The predicted molar refractivity (Wildman–Crippen MR) is 124 cm³/mol. The lowest BCUT2D eigenvalue weighted by molar-refractivity contribution is 0.111. The Labute approximate surface area is 193 Å². The number of aldehydes is 1. The number of fused-ring (bicyclic) bond motifs is 1. The molecule has 0 aliphatic carbocycles. The topological polar surface area (TPSA) is 71.8 Å². The van der Waals surface area contributed by atoms with Gasteiger partial charge in [-0.2, -0.15) is 5.26 Å². The molecule has 4 rings (SSSR count). The minimum atomic E-state index is 0.189. The third kappa shape index (κ3) is 3.91. The van der Waals surface area contributed by atoms with Crippen LogP contribution in [0.15, 0.2) is 51.6 Å². The predicted octanol–water partition coefficient (Wildman–Crippen LogP) is 6.79. The molecule has 0 aliphatic heterocycles. The van der Waals surface area contributed by atoms with Crippen LogP contribution in [0.2, 0.25) is 5.15 Å². The van der Waals surface area contributed by atoms with E-state index >= 15 is 0 Å². The van der Waals surface area contributed by atoms with E-state index in [0.29, 0.717) is 35.5 Å². The average molecular weight is 497 g/mol. The third-order valence-corrected chi connectivity index (χ3v) is 6.26. The summed E-state index contributed by atoms with van der Waals surface area (Å²) >= 11 is 9.81. The Morgan fingerprint density at radius 1 is 1.29 bits per heavy atom. The minimum absolute atomic E-state index is 0.189. The molecule has 0 atom stereocenters. The van der Waals surface area contributed by atoms with Gasteiger partial charge in [-0.25, -0.2) is 4.98 Å². The molecule has 4 aromatic rings. The molecular formula is C24H19BrClN3O2. The zero-order valence-corrected chi connectivity index (χ0v) is 19.2. The number of rotatable bonds is 7. The Hall–Kier alpha value is -2.88. The maximum atomic E-state index is 11.7. The van der Waals surface area contributed by atoms with Gasteiger partial charge in [-0.3, -0.25) is 4.79 Å². The lowest BCUT2D eigenvalue weighted by atomic mass is 9.98. The van der Waals surface area contributed by atoms with E-state index in [9.17, 15) is 10.1 Å². The zero-order chi connectivity index (χ0) is 22.0. The number of furan rings is 1. The lowest BCUT2D eigenvalue weighted by Gasteiger charge is -2.14. The van der Waals surface area contributed by atoms with Gasteiger partial charge >= 0.3 is 0 Å². The fraction of sp³-hybridized carbons (Fsp3) is 0.208. The molecule has 2 aromatic heterocycles. The largest absolute Gasteiger partial charge is 0.463 e. The molecule has 0 unspecified atom stereocenters. The van der Waals surface area contributed by atoms with Gasteiger partial charge < -0.3 is 8.98 Å². The number of imidazole rings is 1. The normalized spacial score (nSPS) is 11.0. The van der Waals surface area contributed by atoms with Crippen molar-refractivity contribution in [3.8, 4) is 17.4 Å². The highest BCUT2D eigenvalue weighted by Gasteiger charge is 2.22. The summed E-state index contributed by atoms with van der Waals surface area (Å²) in [6.07, 6.45) is 5.04. The van der Waals surface area contributed by atoms with Gasteiger partial charge in [-0.15, -0.1) is 0 Å². The highest BCUT2D eigenvalue weighted by molar-refractivity contribution is 9.10. The Balaban J connectivity index is 1.86. The molecule has 7 heteroatoms. The number of hydrogen-bond acceptors (Lipinski definition) is 4. The number of unbranched alkanes of at least 4 members (excludes halogenated alkanes) is 1. The summed E-state index contributed by atoms with van der Waals surface area (Å²) in [5, 5.41) is 12.2. The maximum Gasteiger partial charge on any atom is 0.169 e. The number of carbonyl (C=O) groups is 1. The van der Waals surface area contributed by atoms with Gasteiger partial charge in [-0.05, 0) is 34.0 Å². The van der Waals surface area contributed by atoms with Crippen molar-refractivity contribution in [3.63, 3.8) is 0 Å². The molecule has 0 N–H and O–H groups in total. The van der Waals surface area contributed by atoms with Gasteiger partial charge in [0.05, 0.1) is 23.9 Å². The second-order valence-electron chi connectivity index (χ2n) is 7.23. The molecule has 0 amide bonds. The summed E-state index contributed by atoms with van der Waals surface area (Å²) in [4.78, 5) is 16.1. The molecule has 2 aromatic carbocycles. The lowest BCUT2D eigenvalue weighted by Crippen LogP contribution is -2.10. The molecule has 0 saturated carbocycles. The van der Waals surface area contributed by atoms with Crippen molar-refractivity contribution in [2.75, 3.05) is 0 Å². The molecule has 5 nitrogen and oxygen atoms in total. The second-order valence-corrected chi connectivity index (χ2v) is 8.44. The quantitative estimate of drug-likeness (QED) is 0.264. The SMILES string of the molecule is CCCCc1nc(Cl)c(C=O)n1Cc1ccc(Br)c(-c2occ3ccccc23)c1C#N. The molecule has 0 aliphatic rings. The summed E-state index contributed by atoms with van der Waals surface area (Å²) < 4.78 is 8.45. The van der Waals surface area contributed by atoms with Crippen molar-refractivity contribution in [3.05, 3.63) is 74.9 Å². The smallest absolute Gasteiger partial charge is 0.169 e. The Bertz CT molecular complexity index is 1320. The van der Waals surface area contributed by atoms with Crippen LogP contribution in [0.5, 0.6) is 0 Å². The van der Waals surface area contributed by atoms with Crippen LogP contribution in [-0.2, 0) is 13.0 Å². The van der Waals surface area contributed by atoms with Crippen molar-refractivity contribution < 1.29 is 9.21 Å². The number of hydrogen-bond donors (Lipinski definition) is 0. The second kappa shape index (κ2) is 9.09. The van der Waals surface area contributed by atoms with Crippen molar-refractivity contribution in [1.82, 2.24) is 9.55 Å². The Kier molecular flexibility index (Phi) is 6.26. The Morgan fingerprint density at radius 3 is 2.84 bits per heavy atom. The van der Waals surface area contributed by atoms with Crippen LogP contribution in [0.4, 0.5) is 0 Å².